The third kappa shape index (κ3) is 6.04. The normalized spacial score (nSPS) is 20.4. The minimum Gasteiger partial charge on any atom is -0.494 e. The molecule has 1 aliphatic rings. The van der Waals surface area contributed by atoms with E-state index in [0.717, 1.165) is 24.3 Å². The van der Waals surface area contributed by atoms with Gasteiger partial charge in [0.15, 0.2) is 0 Å². The molecule has 1 saturated carbocycles. The molecule has 5 heteroatoms. The lowest BCUT2D eigenvalue weighted by atomic mass is 9.84. The molecule has 0 spiro atoms. The fourth-order valence-electron chi connectivity index (χ4n) is 3.18. The van der Waals surface area contributed by atoms with Gasteiger partial charge in [0, 0.05) is 12.5 Å². The molecule has 0 heterocycles. The van der Waals surface area contributed by atoms with Crippen molar-refractivity contribution in [2.45, 2.75) is 51.5 Å². The molecule has 0 aliphatic heterocycles. The van der Waals surface area contributed by atoms with E-state index in [0.29, 0.717) is 38.5 Å². The average Bonchev–Trinajstić information content (AvgIpc) is 2.61. The summed E-state index contributed by atoms with van der Waals surface area (Å²) in [6.07, 6.45) is 5.79. The molecule has 5 nitrogen and oxygen atoms in total. The van der Waals surface area contributed by atoms with Crippen molar-refractivity contribution in [3.8, 4) is 11.5 Å². The van der Waals surface area contributed by atoms with Crippen LogP contribution < -0.4 is 20.5 Å². The van der Waals surface area contributed by atoms with Crippen LogP contribution >= 0.6 is 0 Å². The van der Waals surface area contributed by atoms with Crippen LogP contribution in [0.5, 0.6) is 11.5 Å². The molecule has 1 aromatic rings. The SMILES string of the molecule is CCOc1ccc(OCCCC(=O)NC2CCCCC2CN)cc1. The Morgan fingerprint density at radius 1 is 1.17 bits per heavy atom. The van der Waals surface area contributed by atoms with Gasteiger partial charge in [-0.2, -0.15) is 0 Å². The molecule has 0 aromatic heterocycles. The summed E-state index contributed by atoms with van der Waals surface area (Å²) in [5.41, 5.74) is 5.80. The van der Waals surface area contributed by atoms with E-state index < -0.39 is 0 Å². The number of amides is 1. The molecule has 2 rings (SSSR count). The van der Waals surface area contributed by atoms with Gasteiger partial charge in [0.25, 0.3) is 0 Å². The first-order valence-electron chi connectivity index (χ1n) is 9.08. The van der Waals surface area contributed by atoms with Crippen LogP contribution in [-0.2, 0) is 4.79 Å². The molecule has 2 unspecified atom stereocenters. The number of carbonyl (C=O) groups excluding carboxylic acids is 1. The van der Waals surface area contributed by atoms with Crippen molar-refractivity contribution in [1.29, 1.82) is 0 Å². The highest BCUT2D eigenvalue weighted by atomic mass is 16.5. The molecule has 24 heavy (non-hydrogen) atoms. The minimum atomic E-state index is 0.107. The lowest BCUT2D eigenvalue weighted by Gasteiger charge is -2.31. The summed E-state index contributed by atoms with van der Waals surface area (Å²) in [5, 5.41) is 3.15. The maximum atomic E-state index is 12.1. The lowest BCUT2D eigenvalue weighted by molar-refractivity contribution is -0.122. The monoisotopic (exact) mass is 334 g/mol. The number of carbonyl (C=O) groups is 1. The number of benzene rings is 1. The van der Waals surface area contributed by atoms with E-state index in [2.05, 4.69) is 5.32 Å². The summed E-state index contributed by atoms with van der Waals surface area (Å²) in [4.78, 5) is 12.1. The molecule has 0 saturated heterocycles. The lowest BCUT2D eigenvalue weighted by Crippen LogP contribution is -2.44. The summed E-state index contributed by atoms with van der Waals surface area (Å²) in [7, 11) is 0. The van der Waals surface area contributed by atoms with E-state index in [-0.39, 0.29) is 11.9 Å². The molecule has 1 aliphatic carbocycles. The molecule has 0 radical (unpaired) electrons. The quantitative estimate of drug-likeness (QED) is 0.681. The standard InChI is InChI=1S/C19H30N2O3/c1-2-23-16-9-11-17(12-10-16)24-13-5-8-19(22)21-18-7-4-3-6-15(18)14-20/h9-12,15,18H,2-8,13-14,20H2,1H3,(H,21,22). The summed E-state index contributed by atoms with van der Waals surface area (Å²) in [6.45, 7) is 3.80. The van der Waals surface area contributed by atoms with Gasteiger partial charge in [-0.25, -0.2) is 0 Å². The van der Waals surface area contributed by atoms with Crippen LogP contribution in [0, 0.1) is 5.92 Å². The predicted molar refractivity (Wildman–Crippen MR) is 95.3 cm³/mol. The maximum Gasteiger partial charge on any atom is 0.220 e. The van der Waals surface area contributed by atoms with Crippen LogP contribution in [0.1, 0.15) is 45.4 Å². The van der Waals surface area contributed by atoms with Gasteiger partial charge in [0.1, 0.15) is 11.5 Å². The van der Waals surface area contributed by atoms with Gasteiger partial charge in [-0.05, 0) is 62.9 Å². The first kappa shape index (κ1) is 18.6. The van der Waals surface area contributed by atoms with Crippen molar-refractivity contribution in [2.75, 3.05) is 19.8 Å². The zero-order valence-electron chi connectivity index (χ0n) is 14.6. The molecule has 2 atom stereocenters. The second kappa shape index (κ2) is 10.2. The fraction of sp³-hybridized carbons (Fsp3) is 0.632. The van der Waals surface area contributed by atoms with E-state index in [1.54, 1.807) is 0 Å². The molecule has 3 N–H and O–H groups in total. The number of nitrogens with two attached hydrogens (primary N) is 1. The number of nitrogens with one attached hydrogen (secondary N) is 1. The third-order valence-corrected chi connectivity index (χ3v) is 4.51. The van der Waals surface area contributed by atoms with Crippen LogP contribution in [0.3, 0.4) is 0 Å². The first-order valence-corrected chi connectivity index (χ1v) is 9.08. The van der Waals surface area contributed by atoms with Crippen molar-refractivity contribution in [2.24, 2.45) is 11.7 Å². The van der Waals surface area contributed by atoms with Gasteiger partial charge in [0.05, 0.1) is 13.2 Å². The highest BCUT2D eigenvalue weighted by Crippen LogP contribution is 2.23. The number of rotatable bonds is 9. The number of hydrogen-bond acceptors (Lipinski definition) is 4. The Morgan fingerprint density at radius 3 is 2.50 bits per heavy atom. The Hall–Kier alpha value is -1.75. The van der Waals surface area contributed by atoms with Crippen molar-refractivity contribution in [3.05, 3.63) is 24.3 Å². The third-order valence-electron chi connectivity index (χ3n) is 4.51. The Labute approximate surface area is 144 Å². The molecule has 0 bridgehead atoms. The smallest absolute Gasteiger partial charge is 0.220 e. The molecular formula is C19H30N2O3. The highest BCUT2D eigenvalue weighted by Gasteiger charge is 2.24. The highest BCUT2D eigenvalue weighted by molar-refractivity contribution is 5.76. The predicted octanol–water partition coefficient (Wildman–Crippen LogP) is 2.88. The minimum absolute atomic E-state index is 0.107. The van der Waals surface area contributed by atoms with Gasteiger partial charge in [-0.15, -0.1) is 0 Å². The topological polar surface area (TPSA) is 73.6 Å². The van der Waals surface area contributed by atoms with E-state index in [4.69, 9.17) is 15.2 Å². The van der Waals surface area contributed by atoms with Crippen LogP contribution in [0.4, 0.5) is 0 Å². The van der Waals surface area contributed by atoms with Gasteiger partial charge >= 0.3 is 0 Å². The molecular weight excluding hydrogens is 304 g/mol. The van der Waals surface area contributed by atoms with Crippen molar-refractivity contribution in [1.82, 2.24) is 5.32 Å². The fourth-order valence-corrected chi connectivity index (χ4v) is 3.18. The van der Waals surface area contributed by atoms with E-state index in [1.165, 1.54) is 12.8 Å². The Kier molecular flexibility index (Phi) is 7.89. The van der Waals surface area contributed by atoms with E-state index in [1.807, 2.05) is 31.2 Å². The summed E-state index contributed by atoms with van der Waals surface area (Å²) >= 11 is 0. The van der Waals surface area contributed by atoms with Crippen molar-refractivity contribution in [3.63, 3.8) is 0 Å². The van der Waals surface area contributed by atoms with Gasteiger partial charge in [-0.3, -0.25) is 4.79 Å². The maximum absolute atomic E-state index is 12.1. The zero-order chi connectivity index (χ0) is 17.2. The summed E-state index contributed by atoms with van der Waals surface area (Å²) < 4.78 is 11.1. The van der Waals surface area contributed by atoms with Gasteiger partial charge in [0.2, 0.25) is 5.91 Å². The van der Waals surface area contributed by atoms with Crippen LogP contribution in [0.25, 0.3) is 0 Å². The number of hydrogen-bond donors (Lipinski definition) is 2. The van der Waals surface area contributed by atoms with E-state index >= 15 is 0 Å². The van der Waals surface area contributed by atoms with Gasteiger partial charge < -0.3 is 20.5 Å². The van der Waals surface area contributed by atoms with E-state index in [9.17, 15) is 4.79 Å². The van der Waals surface area contributed by atoms with Gasteiger partial charge in [-0.1, -0.05) is 12.8 Å². The first-order chi connectivity index (χ1) is 11.7. The second-order valence-electron chi connectivity index (χ2n) is 6.31. The molecule has 134 valence electrons. The average molecular weight is 334 g/mol. The largest absolute Gasteiger partial charge is 0.494 e. The van der Waals surface area contributed by atoms with Crippen LogP contribution in [0.15, 0.2) is 24.3 Å². The summed E-state index contributed by atoms with van der Waals surface area (Å²) in [5.74, 6) is 2.18. The molecule has 1 fully saturated rings. The molecule has 1 amide bonds. The zero-order valence-corrected chi connectivity index (χ0v) is 14.6. The van der Waals surface area contributed by atoms with Crippen LogP contribution in [-0.4, -0.2) is 31.7 Å². The Bertz CT molecular complexity index is 490. The Morgan fingerprint density at radius 2 is 1.83 bits per heavy atom. The number of ether oxygens (including phenoxy) is 2. The summed E-state index contributed by atoms with van der Waals surface area (Å²) in [6, 6.07) is 7.81. The molecule has 1 aromatic carbocycles. The van der Waals surface area contributed by atoms with Crippen molar-refractivity contribution >= 4 is 5.91 Å². The Balaban J connectivity index is 1.63. The second-order valence-corrected chi connectivity index (χ2v) is 6.31. The van der Waals surface area contributed by atoms with Crippen LogP contribution in [0.2, 0.25) is 0 Å². The van der Waals surface area contributed by atoms with Crippen molar-refractivity contribution < 1.29 is 14.3 Å².